The first-order valence-corrected chi connectivity index (χ1v) is 16.7. The molecule has 0 aromatic heterocycles. The molecule has 2 heterocycles. The molecule has 0 N–H and O–H groups in total. The molecule has 2 aliphatic rings. The van der Waals surface area contributed by atoms with Crippen LogP contribution >= 0.6 is 0 Å². The molecule has 0 unspecified atom stereocenters. The van der Waals surface area contributed by atoms with E-state index in [1.54, 1.807) is 96.1 Å². The highest BCUT2D eigenvalue weighted by atomic mass is 16.6. The first-order chi connectivity index (χ1) is 23.5. The van der Waals surface area contributed by atoms with Gasteiger partial charge in [0.25, 0.3) is 0 Å². The van der Waals surface area contributed by atoms with Crippen molar-refractivity contribution in [3.63, 3.8) is 0 Å². The molecule has 2 aromatic carbocycles. The van der Waals surface area contributed by atoms with E-state index in [9.17, 15) is 28.8 Å². The maximum atomic E-state index is 12.9. The van der Waals surface area contributed by atoms with Gasteiger partial charge in [0.05, 0.1) is 0 Å². The summed E-state index contributed by atoms with van der Waals surface area (Å²) in [7, 11) is 0. The van der Waals surface area contributed by atoms with E-state index < -0.39 is 72.2 Å². The van der Waals surface area contributed by atoms with Gasteiger partial charge in [0.15, 0.2) is 30.8 Å². The summed E-state index contributed by atoms with van der Waals surface area (Å²) in [5, 5.41) is 0. The number of Topliss-reactive ketones (excluding diaryl/α,β-unsaturated/α-hetero) is 2. The maximum Gasteiger partial charge on any atom is 0.411 e. The molecule has 2 aromatic rings. The predicted molar refractivity (Wildman–Crippen MR) is 184 cm³/mol. The van der Waals surface area contributed by atoms with Gasteiger partial charge < -0.3 is 18.9 Å². The molecule has 1 fully saturated rings. The number of esters is 2. The monoisotopic (exact) mass is 690 g/mol. The maximum absolute atomic E-state index is 12.9. The Morgan fingerprint density at radius 3 is 1.60 bits per heavy atom. The Morgan fingerprint density at radius 1 is 0.680 bits per heavy atom. The molecule has 0 aliphatic carbocycles. The molecule has 12 heteroatoms. The molecule has 0 bridgehead atoms. The van der Waals surface area contributed by atoms with Crippen LogP contribution in [0.4, 0.5) is 9.59 Å². The third-order valence-corrected chi connectivity index (χ3v) is 8.02. The molecule has 2 aliphatic heterocycles. The SMILES string of the molecule is CCC1=C[C@@H](C(=O)OCC(=O)c2ccc(-c3ccc(C(=O)COC(=O)[C@@H]4CCCN4C(=O)OC(C)(C)C)cc3)cc2)N(C(=O)OC(C)(C)C)C1. The number of benzene rings is 2. The second-order valence-electron chi connectivity index (χ2n) is 14.3. The standard InChI is InChI=1S/C38H46N2O10/c1-8-24-20-30(40(21-24)36(46)50-38(5,6)7)34(44)48-23-32(42)28-17-13-26(14-18-28)25-11-15-27(16-12-25)31(41)22-47-33(43)29-10-9-19-39(29)35(45)49-37(2,3)4/h11-18,20,29-30H,8-10,19,21-23H2,1-7H3/t29-,30-/m0/s1. The lowest BCUT2D eigenvalue weighted by molar-refractivity contribution is -0.147. The van der Waals surface area contributed by atoms with Gasteiger partial charge in [0.1, 0.15) is 17.2 Å². The Morgan fingerprint density at radius 2 is 1.14 bits per heavy atom. The highest BCUT2D eigenvalue weighted by molar-refractivity contribution is 6.00. The van der Waals surface area contributed by atoms with Crippen molar-refractivity contribution in [3.05, 3.63) is 71.3 Å². The highest BCUT2D eigenvalue weighted by Gasteiger charge is 2.39. The normalized spacial score (nSPS) is 17.5. The van der Waals surface area contributed by atoms with Crippen LogP contribution in [0.1, 0.15) is 88.4 Å². The summed E-state index contributed by atoms with van der Waals surface area (Å²) in [5.41, 5.74) is 1.71. The first-order valence-electron chi connectivity index (χ1n) is 16.7. The largest absolute Gasteiger partial charge is 0.456 e. The summed E-state index contributed by atoms with van der Waals surface area (Å²) >= 11 is 0. The summed E-state index contributed by atoms with van der Waals surface area (Å²) in [6, 6.07) is 11.7. The van der Waals surface area contributed by atoms with Gasteiger partial charge >= 0.3 is 24.1 Å². The second kappa shape index (κ2) is 15.7. The van der Waals surface area contributed by atoms with E-state index >= 15 is 0 Å². The van der Waals surface area contributed by atoms with E-state index in [1.165, 1.54) is 9.80 Å². The Kier molecular flexibility index (Phi) is 11.9. The van der Waals surface area contributed by atoms with E-state index in [2.05, 4.69) is 0 Å². The number of rotatable bonds is 10. The molecule has 2 amide bonds. The lowest BCUT2D eigenvalue weighted by atomic mass is 10.0. The molecule has 268 valence electrons. The zero-order valence-corrected chi connectivity index (χ0v) is 29.8. The van der Waals surface area contributed by atoms with Gasteiger partial charge in [-0.2, -0.15) is 0 Å². The molecular formula is C38H46N2O10. The van der Waals surface area contributed by atoms with Gasteiger partial charge in [-0.3, -0.25) is 19.4 Å². The molecule has 4 rings (SSSR count). The quantitative estimate of drug-likeness (QED) is 0.123. The summed E-state index contributed by atoms with van der Waals surface area (Å²) < 4.78 is 21.4. The van der Waals surface area contributed by atoms with Gasteiger partial charge in [0, 0.05) is 24.2 Å². The number of ether oxygens (including phenoxy) is 4. The predicted octanol–water partition coefficient (Wildman–Crippen LogP) is 6.16. The van der Waals surface area contributed by atoms with Crippen LogP contribution in [0.3, 0.4) is 0 Å². The average Bonchev–Trinajstić information content (AvgIpc) is 3.73. The Labute approximate surface area is 292 Å². The third-order valence-electron chi connectivity index (χ3n) is 8.02. The van der Waals surface area contributed by atoms with Crippen molar-refractivity contribution >= 4 is 35.7 Å². The molecule has 0 saturated carbocycles. The second-order valence-corrected chi connectivity index (χ2v) is 14.3. The number of ketones is 2. The van der Waals surface area contributed by atoms with Crippen LogP contribution in [0, 0.1) is 0 Å². The van der Waals surface area contributed by atoms with Crippen molar-refractivity contribution in [2.75, 3.05) is 26.3 Å². The number of amides is 2. The van der Waals surface area contributed by atoms with Crippen LogP contribution in [0.2, 0.25) is 0 Å². The van der Waals surface area contributed by atoms with Crippen molar-refractivity contribution in [2.45, 2.75) is 91.0 Å². The third kappa shape index (κ3) is 10.0. The van der Waals surface area contributed by atoms with Crippen LogP contribution in [-0.2, 0) is 28.5 Å². The Balaban J connectivity index is 1.28. The molecule has 2 atom stereocenters. The van der Waals surface area contributed by atoms with Crippen LogP contribution < -0.4 is 0 Å². The van der Waals surface area contributed by atoms with Crippen molar-refractivity contribution < 1.29 is 47.7 Å². The number of hydrogen-bond donors (Lipinski definition) is 0. The fraction of sp³-hybridized carbons (Fsp3) is 0.474. The average molecular weight is 691 g/mol. The number of nitrogens with zero attached hydrogens (tertiary/aromatic N) is 2. The minimum Gasteiger partial charge on any atom is -0.456 e. The topological polar surface area (TPSA) is 146 Å². The van der Waals surface area contributed by atoms with Gasteiger partial charge in [-0.1, -0.05) is 61.0 Å². The summed E-state index contributed by atoms with van der Waals surface area (Å²) in [4.78, 5) is 79.1. The highest BCUT2D eigenvalue weighted by Crippen LogP contribution is 2.25. The first kappa shape index (κ1) is 37.8. The number of hydrogen-bond acceptors (Lipinski definition) is 10. The van der Waals surface area contributed by atoms with Gasteiger partial charge in [-0.15, -0.1) is 0 Å². The van der Waals surface area contributed by atoms with E-state index in [0.717, 1.165) is 16.7 Å². The van der Waals surface area contributed by atoms with Crippen molar-refractivity contribution in [1.29, 1.82) is 0 Å². The number of likely N-dealkylation sites (tertiary alicyclic amines) is 1. The minimum absolute atomic E-state index is 0.250. The zero-order valence-electron chi connectivity index (χ0n) is 29.8. The van der Waals surface area contributed by atoms with E-state index in [1.807, 2.05) is 6.92 Å². The van der Waals surface area contributed by atoms with Crippen LogP contribution in [0.15, 0.2) is 60.2 Å². The van der Waals surface area contributed by atoms with Crippen LogP contribution in [-0.4, -0.2) is 95.1 Å². The molecule has 1 saturated heterocycles. The fourth-order valence-corrected chi connectivity index (χ4v) is 5.48. The van der Waals surface area contributed by atoms with E-state index in [4.69, 9.17) is 18.9 Å². The van der Waals surface area contributed by atoms with E-state index in [-0.39, 0.29) is 6.54 Å². The summed E-state index contributed by atoms with van der Waals surface area (Å²) in [5.74, 6) is -2.16. The lowest BCUT2D eigenvalue weighted by Crippen LogP contribution is -2.44. The molecule has 0 radical (unpaired) electrons. The minimum atomic E-state index is -0.973. The molecule has 12 nitrogen and oxygen atoms in total. The van der Waals surface area contributed by atoms with Gasteiger partial charge in [-0.25, -0.2) is 19.2 Å². The smallest absolute Gasteiger partial charge is 0.411 e. The van der Waals surface area contributed by atoms with E-state index in [0.29, 0.717) is 36.9 Å². The van der Waals surface area contributed by atoms with Gasteiger partial charge in [-0.05, 0) is 78.0 Å². The summed E-state index contributed by atoms with van der Waals surface area (Å²) in [6.07, 6.45) is 2.17. The summed E-state index contributed by atoms with van der Waals surface area (Å²) in [6.45, 7) is 12.1. The molecule has 50 heavy (non-hydrogen) atoms. The fourth-order valence-electron chi connectivity index (χ4n) is 5.48. The van der Waals surface area contributed by atoms with Crippen LogP contribution in [0.25, 0.3) is 11.1 Å². The van der Waals surface area contributed by atoms with Crippen LogP contribution in [0.5, 0.6) is 0 Å². The van der Waals surface area contributed by atoms with Gasteiger partial charge in [0.2, 0.25) is 0 Å². The number of carbonyl (C=O) groups is 6. The molecular weight excluding hydrogens is 644 g/mol. The number of carbonyl (C=O) groups excluding carboxylic acids is 6. The Hall–Kier alpha value is -5.00. The lowest BCUT2D eigenvalue weighted by Gasteiger charge is -2.27. The zero-order chi connectivity index (χ0) is 36.8. The Bertz CT molecular complexity index is 1630. The molecule has 0 spiro atoms. The van der Waals surface area contributed by atoms with Crippen molar-refractivity contribution in [3.8, 4) is 11.1 Å². The van der Waals surface area contributed by atoms with Crippen molar-refractivity contribution in [2.24, 2.45) is 0 Å². The van der Waals surface area contributed by atoms with Crippen molar-refractivity contribution in [1.82, 2.24) is 9.80 Å².